The van der Waals surface area contributed by atoms with Crippen LogP contribution in [0.25, 0.3) is 11.0 Å². The predicted molar refractivity (Wildman–Crippen MR) is 132 cm³/mol. The van der Waals surface area contributed by atoms with Gasteiger partial charge < -0.3 is 14.6 Å². The van der Waals surface area contributed by atoms with Gasteiger partial charge in [-0.2, -0.15) is 0 Å². The standard InChI is InChI=1S/C27H24N6O3/c34-25(19-33-24-13-5-4-12-23(24)30-31-33)32(18-20-8-2-1-3-9-20)26(21-10-6-14-28-16-21)27(35)29-17-22-11-7-15-36-22/h1-16,26H,17-19H2,(H,29,35). The Morgan fingerprint density at radius 1 is 0.972 bits per heavy atom. The SMILES string of the molecule is O=C(NCc1ccco1)C(c1cccnc1)N(Cc1ccccc1)C(=O)Cn1nnc2ccccc21. The fourth-order valence-corrected chi connectivity index (χ4v) is 4.05. The lowest BCUT2D eigenvalue weighted by Gasteiger charge is -2.31. The molecule has 3 aromatic heterocycles. The lowest BCUT2D eigenvalue weighted by atomic mass is 10.0. The summed E-state index contributed by atoms with van der Waals surface area (Å²) in [5, 5.41) is 11.2. The molecule has 180 valence electrons. The third-order valence-electron chi connectivity index (χ3n) is 5.80. The number of aromatic nitrogens is 4. The molecule has 5 rings (SSSR count). The van der Waals surface area contributed by atoms with Gasteiger partial charge in [0.25, 0.3) is 0 Å². The van der Waals surface area contributed by atoms with E-state index in [9.17, 15) is 9.59 Å². The third kappa shape index (κ3) is 5.15. The molecule has 0 aliphatic rings. The van der Waals surface area contributed by atoms with Crippen molar-refractivity contribution in [3.8, 4) is 0 Å². The molecular weight excluding hydrogens is 456 g/mol. The van der Waals surface area contributed by atoms with E-state index in [0.29, 0.717) is 16.8 Å². The Balaban J connectivity index is 1.49. The number of para-hydroxylation sites is 1. The van der Waals surface area contributed by atoms with Crippen LogP contribution in [0.4, 0.5) is 0 Å². The van der Waals surface area contributed by atoms with E-state index in [-0.39, 0.29) is 31.4 Å². The quantitative estimate of drug-likeness (QED) is 0.346. The molecule has 5 aromatic rings. The van der Waals surface area contributed by atoms with Gasteiger partial charge in [0, 0.05) is 24.5 Å². The second-order valence-corrected chi connectivity index (χ2v) is 8.23. The number of benzene rings is 2. The van der Waals surface area contributed by atoms with Crippen LogP contribution >= 0.6 is 0 Å². The van der Waals surface area contributed by atoms with Gasteiger partial charge in [-0.3, -0.25) is 14.6 Å². The van der Waals surface area contributed by atoms with E-state index in [0.717, 1.165) is 11.1 Å². The molecule has 0 aliphatic carbocycles. The van der Waals surface area contributed by atoms with Crippen LogP contribution in [0.3, 0.4) is 0 Å². The van der Waals surface area contributed by atoms with Crippen LogP contribution in [0, 0.1) is 0 Å². The zero-order valence-corrected chi connectivity index (χ0v) is 19.4. The molecule has 0 spiro atoms. The summed E-state index contributed by atoms with van der Waals surface area (Å²) in [5.74, 6) is -0.00746. The Labute approximate surface area is 207 Å². The maximum absolute atomic E-state index is 13.8. The Kier molecular flexibility index (Phi) is 6.79. The highest BCUT2D eigenvalue weighted by atomic mass is 16.3. The van der Waals surface area contributed by atoms with E-state index in [1.807, 2.05) is 54.6 Å². The molecule has 0 aliphatic heterocycles. The Bertz CT molecular complexity index is 1430. The highest BCUT2D eigenvalue weighted by Gasteiger charge is 2.32. The fourth-order valence-electron chi connectivity index (χ4n) is 4.05. The van der Waals surface area contributed by atoms with Crippen LogP contribution in [0.1, 0.15) is 22.9 Å². The molecule has 2 amide bonds. The van der Waals surface area contributed by atoms with Crippen LogP contribution < -0.4 is 5.32 Å². The van der Waals surface area contributed by atoms with Gasteiger partial charge in [-0.15, -0.1) is 5.10 Å². The minimum absolute atomic E-state index is 0.0738. The molecule has 0 bridgehead atoms. The molecule has 1 N–H and O–H groups in total. The number of furan rings is 1. The number of carbonyl (C=O) groups is 2. The van der Waals surface area contributed by atoms with Crippen molar-refractivity contribution in [2.45, 2.75) is 25.7 Å². The number of hydrogen-bond donors (Lipinski definition) is 1. The Morgan fingerprint density at radius 2 is 1.81 bits per heavy atom. The van der Waals surface area contributed by atoms with Crippen molar-refractivity contribution in [2.24, 2.45) is 0 Å². The summed E-state index contributed by atoms with van der Waals surface area (Å²) in [7, 11) is 0. The smallest absolute Gasteiger partial charge is 0.247 e. The molecule has 1 unspecified atom stereocenters. The molecule has 9 nitrogen and oxygen atoms in total. The maximum atomic E-state index is 13.8. The first kappa shape index (κ1) is 23.0. The van der Waals surface area contributed by atoms with E-state index < -0.39 is 6.04 Å². The minimum Gasteiger partial charge on any atom is -0.467 e. The monoisotopic (exact) mass is 480 g/mol. The topological polar surface area (TPSA) is 106 Å². The molecule has 0 fully saturated rings. The summed E-state index contributed by atoms with van der Waals surface area (Å²) in [6.45, 7) is 0.347. The Morgan fingerprint density at radius 3 is 2.58 bits per heavy atom. The highest BCUT2D eigenvalue weighted by molar-refractivity contribution is 5.89. The van der Waals surface area contributed by atoms with E-state index in [1.54, 1.807) is 52.5 Å². The number of rotatable bonds is 9. The van der Waals surface area contributed by atoms with E-state index >= 15 is 0 Å². The van der Waals surface area contributed by atoms with Gasteiger partial charge in [-0.25, -0.2) is 4.68 Å². The second-order valence-electron chi connectivity index (χ2n) is 8.23. The molecule has 2 aromatic carbocycles. The third-order valence-corrected chi connectivity index (χ3v) is 5.80. The van der Waals surface area contributed by atoms with Crippen LogP contribution in [0.2, 0.25) is 0 Å². The summed E-state index contributed by atoms with van der Waals surface area (Å²) in [6.07, 6.45) is 4.78. The van der Waals surface area contributed by atoms with Crippen molar-refractivity contribution >= 4 is 22.8 Å². The Hall–Kier alpha value is -4.79. The first-order chi connectivity index (χ1) is 17.7. The van der Waals surface area contributed by atoms with Gasteiger partial charge in [0.05, 0.1) is 18.3 Å². The van der Waals surface area contributed by atoms with Crippen molar-refractivity contribution in [2.75, 3.05) is 0 Å². The number of nitrogens with zero attached hydrogens (tertiary/aromatic N) is 5. The zero-order chi connectivity index (χ0) is 24.7. The average molecular weight is 481 g/mol. The van der Waals surface area contributed by atoms with Gasteiger partial charge in [-0.1, -0.05) is 53.7 Å². The lowest BCUT2D eigenvalue weighted by molar-refractivity contribution is -0.142. The van der Waals surface area contributed by atoms with Gasteiger partial charge >= 0.3 is 0 Å². The summed E-state index contributed by atoms with van der Waals surface area (Å²) in [5.41, 5.74) is 2.93. The van der Waals surface area contributed by atoms with Crippen LogP contribution in [0.5, 0.6) is 0 Å². The second kappa shape index (κ2) is 10.6. The fraction of sp³-hybridized carbons (Fsp3) is 0.148. The lowest BCUT2D eigenvalue weighted by Crippen LogP contribution is -2.44. The normalized spacial score (nSPS) is 11.8. The van der Waals surface area contributed by atoms with Crippen LogP contribution in [-0.4, -0.2) is 36.7 Å². The van der Waals surface area contributed by atoms with Gasteiger partial charge in [0.15, 0.2) is 0 Å². The molecule has 3 heterocycles. The van der Waals surface area contributed by atoms with Crippen molar-refractivity contribution in [1.82, 2.24) is 30.2 Å². The zero-order valence-electron chi connectivity index (χ0n) is 19.4. The van der Waals surface area contributed by atoms with Gasteiger partial charge in [0.1, 0.15) is 23.9 Å². The molecule has 0 saturated carbocycles. The molecule has 0 radical (unpaired) electrons. The highest BCUT2D eigenvalue weighted by Crippen LogP contribution is 2.24. The van der Waals surface area contributed by atoms with Crippen LogP contribution in [-0.2, 0) is 29.2 Å². The molecule has 0 saturated heterocycles. The molecule has 9 heteroatoms. The number of amides is 2. The first-order valence-corrected chi connectivity index (χ1v) is 11.5. The van der Waals surface area contributed by atoms with Crippen molar-refractivity contribution in [3.05, 3.63) is 114 Å². The predicted octanol–water partition coefficient (Wildman–Crippen LogP) is 3.51. The summed E-state index contributed by atoms with van der Waals surface area (Å²) < 4.78 is 6.91. The minimum atomic E-state index is -0.920. The van der Waals surface area contributed by atoms with E-state index in [1.165, 1.54) is 0 Å². The summed E-state index contributed by atoms with van der Waals surface area (Å²) in [4.78, 5) is 33.2. The van der Waals surface area contributed by atoms with Crippen molar-refractivity contribution in [1.29, 1.82) is 0 Å². The molecule has 36 heavy (non-hydrogen) atoms. The maximum Gasteiger partial charge on any atom is 0.247 e. The molecule has 1 atom stereocenters. The number of pyridine rings is 1. The molecular formula is C27H24N6O3. The van der Waals surface area contributed by atoms with E-state index in [2.05, 4.69) is 20.6 Å². The number of nitrogens with one attached hydrogen (secondary N) is 1. The average Bonchev–Trinajstić information content (AvgIpc) is 3.59. The summed E-state index contributed by atoms with van der Waals surface area (Å²) >= 11 is 0. The van der Waals surface area contributed by atoms with Gasteiger partial charge in [-0.05, 0) is 35.9 Å². The first-order valence-electron chi connectivity index (χ1n) is 11.5. The van der Waals surface area contributed by atoms with E-state index in [4.69, 9.17) is 4.42 Å². The van der Waals surface area contributed by atoms with Crippen molar-refractivity contribution < 1.29 is 14.0 Å². The largest absolute Gasteiger partial charge is 0.467 e. The van der Waals surface area contributed by atoms with Gasteiger partial charge in [0.2, 0.25) is 11.8 Å². The summed E-state index contributed by atoms with van der Waals surface area (Å²) in [6, 6.07) is 23.2. The number of hydrogen-bond acceptors (Lipinski definition) is 6. The number of fused-ring (bicyclic) bond motifs is 1. The van der Waals surface area contributed by atoms with Crippen LogP contribution in [0.15, 0.2) is 102 Å². The number of carbonyl (C=O) groups excluding carboxylic acids is 2. The van der Waals surface area contributed by atoms with Crippen molar-refractivity contribution in [3.63, 3.8) is 0 Å².